The average Bonchev–Trinajstić information content (AvgIpc) is 2.56. The van der Waals surface area contributed by atoms with Crippen molar-refractivity contribution in [2.45, 2.75) is 39.2 Å². The van der Waals surface area contributed by atoms with E-state index in [0.29, 0.717) is 11.4 Å². The van der Waals surface area contributed by atoms with Gasteiger partial charge in [0.15, 0.2) is 5.78 Å². The molecule has 0 atom stereocenters. The van der Waals surface area contributed by atoms with Crippen molar-refractivity contribution in [3.63, 3.8) is 0 Å². The van der Waals surface area contributed by atoms with Crippen LogP contribution in [0.4, 0.5) is 0 Å². The maximum Gasteiger partial charge on any atom is 0.158 e. The molecule has 0 fully saturated rings. The number of aryl methyl sites for hydroxylation is 2. The van der Waals surface area contributed by atoms with Crippen molar-refractivity contribution in [2.24, 2.45) is 7.05 Å². The number of carbonyl (C=O) groups is 1. The minimum atomic E-state index is -0.542. The summed E-state index contributed by atoms with van der Waals surface area (Å²) in [7, 11) is 3.60. The highest BCUT2D eigenvalue weighted by Gasteiger charge is 2.27. The lowest BCUT2D eigenvalue weighted by atomic mass is 9.95. The third-order valence-electron chi connectivity index (χ3n) is 3.15. The van der Waals surface area contributed by atoms with E-state index in [-0.39, 0.29) is 5.78 Å². The van der Waals surface area contributed by atoms with Crippen LogP contribution in [0.3, 0.4) is 0 Å². The summed E-state index contributed by atoms with van der Waals surface area (Å²) in [6.07, 6.45) is 1.08. The molecule has 4 nitrogen and oxygen atoms in total. The van der Waals surface area contributed by atoms with Crippen LogP contribution in [-0.2, 0) is 24.7 Å². The molecule has 1 heterocycles. The number of aromatic nitrogens is 2. The van der Waals surface area contributed by atoms with Crippen molar-refractivity contribution < 1.29 is 4.79 Å². The van der Waals surface area contributed by atoms with Crippen LogP contribution in [0.25, 0.3) is 0 Å². The van der Waals surface area contributed by atoms with Gasteiger partial charge < -0.3 is 5.32 Å². The van der Waals surface area contributed by atoms with Crippen molar-refractivity contribution in [1.29, 1.82) is 0 Å². The zero-order valence-corrected chi connectivity index (χ0v) is 11.9. The number of hydrogen-bond acceptors (Lipinski definition) is 3. The van der Waals surface area contributed by atoms with Crippen molar-refractivity contribution >= 4 is 17.4 Å². The predicted molar refractivity (Wildman–Crippen MR) is 69.4 cm³/mol. The van der Waals surface area contributed by atoms with E-state index in [1.807, 2.05) is 27.8 Å². The molecule has 0 aromatic carbocycles. The monoisotopic (exact) mass is 257 g/mol. The second-order valence-electron chi connectivity index (χ2n) is 4.66. The molecule has 0 amide bonds. The lowest BCUT2D eigenvalue weighted by Gasteiger charge is -2.22. The quantitative estimate of drug-likeness (QED) is 0.874. The number of carbonyl (C=O) groups excluding carboxylic acids is 1. The molecule has 96 valence electrons. The van der Waals surface area contributed by atoms with Gasteiger partial charge in [-0.2, -0.15) is 5.10 Å². The lowest BCUT2D eigenvalue weighted by Crippen LogP contribution is -2.45. The minimum Gasteiger partial charge on any atom is -0.308 e. The van der Waals surface area contributed by atoms with Gasteiger partial charge in [-0.1, -0.05) is 18.5 Å². The van der Waals surface area contributed by atoms with Gasteiger partial charge in [0.2, 0.25) is 0 Å². The van der Waals surface area contributed by atoms with E-state index in [2.05, 4.69) is 10.4 Å². The summed E-state index contributed by atoms with van der Waals surface area (Å²) in [5.74, 6) is 0.104. The molecule has 1 aromatic rings. The molecule has 0 radical (unpaired) electrons. The third kappa shape index (κ3) is 2.87. The fraction of sp³-hybridized carbons (Fsp3) is 0.667. The molecule has 1 aromatic heterocycles. The topological polar surface area (TPSA) is 46.9 Å². The molecule has 0 unspecified atom stereocenters. The van der Waals surface area contributed by atoms with Crippen LogP contribution < -0.4 is 5.32 Å². The van der Waals surface area contributed by atoms with Crippen LogP contribution in [-0.4, -0.2) is 28.2 Å². The van der Waals surface area contributed by atoms with E-state index in [0.717, 1.165) is 17.8 Å². The summed E-state index contributed by atoms with van der Waals surface area (Å²) in [6.45, 7) is 5.72. The Morgan fingerprint density at radius 1 is 1.53 bits per heavy atom. The van der Waals surface area contributed by atoms with Crippen molar-refractivity contribution in [1.82, 2.24) is 15.1 Å². The lowest BCUT2D eigenvalue weighted by molar-refractivity contribution is -0.123. The first-order valence-corrected chi connectivity index (χ1v) is 6.13. The van der Waals surface area contributed by atoms with Gasteiger partial charge in [0.1, 0.15) is 0 Å². The molecule has 1 rings (SSSR count). The molecule has 0 aliphatic rings. The SMILES string of the molecule is CCc1nn(C)c(CC(=O)C(C)(C)NC)c1Cl. The van der Waals surface area contributed by atoms with E-state index in [1.54, 1.807) is 11.7 Å². The van der Waals surface area contributed by atoms with E-state index >= 15 is 0 Å². The Morgan fingerprint density at radius 3 is 2.53 bits per heavy atom. The van der Waals surface area contributed by atoms with E-state index in [1.165, 1.54) is 0 Å². The Kier molecular flexibility index (Phi) is 4.33. The molecule has 0 aliphatic carbocycles. The molecule has 0 saturated carbocycles. The number of hydrogen-bond donors (Lipinski definition) is 1. The van der Waals surface area contributed by atoms with Crippen molar-refractivity contribution in [3.05, 3.63) is 16.4 Å². The van der Waals surface area contributed by atoms with Gasteiger partial charge in [0, 0.05) is 7.05 Å². The average molecular weight is 258 g/mol. The van der Waals surface area contributed by atoms with Gasteiger partial charge in [-0.25, -0.2) is 0 Å². The van der Waals surface area contributed by atoms with Crippen LogP contribution in [0.15, 0.2) is 0 Å². The molecular weight excluding hydrogens is 238 g/mol. The Balaban J connectivity index is 2.97. The summed E-state index contributed by atoms with van der Waals surface area (Å²) >= 11 is 6.21. The maximum atomic E-state index is 12.1. The number of nitrogens with zero attached hydrogens (tertiary/aromatic N) is 2. The first-order chi connectivity index (χ1) is 7.83. The second-order valence-corrected chi connectivity index (χ2v) is 5.04. The summed E-state index contributed by atoms with van der Waals surface area (Å²) in [5.41, 5.74) is 1.09. The highest BCUT2D eigenvalue weighted by molar-refractivity contribution is 6.32. The summed E-state index contributed by atoms with van der Waals surface area (Å²) in [6, 6.07) is 0. The van der Waals surface area contributed by atoms with E-state index < -0.39 is 5.54 Å². The second kappa shape index (κ2) is 5.19. The van der Waals surface area contributed by atoms with Gasteiger partial charge in [-0.05, 0) is 27.3 Å². The van der Waals surface area contributed by atoms with Crippen molar-refractivity contribution in [2.75, 3.05) is 7.05 Å². The third-order valence-corrected chi connectivity index (χ3v) is 3.59. The minimum absolute atomic E-state index is 0.104. The fourth-order valence-electron chi connectivity index (χ4n) is 1.52. The summed E-state index contributed by atoms with van der Waals surface area (Å²) in [4.78, 5) is 12.1. The number of halogens is 1. The maximum absolute atomic E-state index is 12.1. The number of rotatable bonds is 5. The summed E-state index contributed by atoms with van der Waals surface area (Å²) in [5, 5.41) is 7.92. The molecular formula is C12H20ClN3O. The van der Waals surface area contributed by atoms with Crippen LogP contribution in [0.5, 0.6) is 0 Å². The Labute approximate surface area is 107 Å². The smallest absolute Gasteiger partial charge is 0.158 e. The molecule has 17 heavy (non-hydrogen) atoms. The fourth-order valence-corrected chi connectivity index (χ4v) is 1.88. The Bertz CT molecular complexity index is 424. The zero-order valence-electron chi connectivity index (χ0n) is 11.1. The van der Waals surface area contributed by atoms with Gasteiger partial charge in [0.25, 0.3) is 0 Å². The predicted octanol–water partition coefficient (Wildman–Crippen LogP) is 1.75. The van der Waals surface area contributed by atoms with E-state index in [9.17, 15) is 4.79 Å². The number of likely N-dealkylation sites (N-methyl/N-ethyl adjacent to an activating group) is 1. The van der Waals surface area contributed by atoms with E-state index in [4.69, 9.17) is 11.6 Å². The zero-order chi connectivity index (χ0) is 13.2. The Morgan fingerprint density at radius 2 is 2.12 bits per heavy atom. The van der Waals surface area contributed by atoms with Gasteiger partial charge >= 0.3 is 0 Å². The van der Waals surface area contributed by atoms with Crippen LogP contribution in [0.2, 0.25) is 5.02 Å². The van der Waals surface area contributed by atoms with Gasteiger partial charge in [-0.3, -0.25) is 9.48 Å². The highest BCUT2D eigenvalue weighted by atomic mass is 35.5. The molecule has 1 N–H and O–H groups in total. The molecule has 0 bridgehead atoms. The molecule has 0 aliphatic heterocycles. The molecule has 0 spiro atoms. The molecule has 0 saturated heterocycles. The normalized spacial score (nSPS) is 11.9. The van der Waals surface area contributed by atoms with Crippen LogP contribution in [0, 0.1) is 0 Å². The number of ketones is 1. The largest absolute Gasteiger partial charge is 0.308 e. The van der Waals surface area contributed by atoms with Gasteiger partial charge in [0.05, 0.1) is 28.4 Å². The number of Topliss-reactive ketones (excluding diaryl/α,β-unsaturated/α-hetero) is 1. The Hall–Kier alpha value is -0.870. The summed E-state index contributed by atoms with van der Waals surface area (Å²) < 4.78 is 1.70. The number of nitrogens with one attached hydrogen (secondary N) is 1. The van der Waals surface area contributed by atoms with Crippen LogP contribution >= 0.6 is 11.6 Å². The first-order valence-electron chi connectivity index (χ1n) is 5.76. The first kappa shape index (κ1) is 14.2. The highest BCUT2D eigenvalue weighted by Crippen LogP contribution is 2.22. The molecule has 5 heteroatoms. The van der Waals surface area contributed by atoms with Crippen LogP contribution in [0.1, 0.15) is 32.2 Å². The standard InChI is InChI=1S/C12H20ClN3O/c1-6-8-11(13)9(16(5)15-8)7-10(17)12(2,3)14-4/h14H,6-7H2,1-5H3. The van der Waals surface area contributed by atoms with Gasteiger partial charge in [-0.15, -0.1) is 0 Å². The van der Waals surface area contributed by atoms with Crippen molar-refractivity contribution in [3.8, 4) is 0 Å².